The van der Waals surface area contributed by atoms with Crippen LogP contribution in [0.5, 0.6) is 0 Å². The summed E-state index contributed by atoms with van der Waals surface area (Å²) in [4.78, 5) is 94.7. The molecule has 2 aliphatic rings. The van der Waals surface area contributed by atoms with Crippen LogP contribution in [0.4, 0.5) is 0 Å². The second-order valence-electron chi connectivity index (χ2n) is 13.5. The largest absolute Gasteiger partial charge is 0.480 e. The van der Waals surface area contributed by atoms with Gasteiger partial charge < -0.3 is 47.0 Å². The first-order valence-electron chi connectivity index (χ1n) is 17.8. The third-order valence-corrected chi connectivity index (χ3v) is 9.44. The van der Waals surface area contributed by atoms with Crippen molar-refractivity contribution in [1.29, 1.82) is 0 Å². The minimum atomic E-state index is -1.37. The highest BCUT2D eigenvalue weighted by atomic mass is 16.4. The molecule has 2 saturated heterocycles. The van der Waals surface area contributed by atoms with Crippen LogP contribution in [0.1, 0.15) is 50.7 Å². The number of aliphatic hydroxyl groups excluding tert-OH is 1. The molecule has 0 unspecified atom stereocenters. The van der Waals surface area contributed by atoms with Crippen molar-refractivity contribution in [2.24, 2.45) is 5.73 Å². The Morgan fingerprint density at radius 3 is 1.75 bits per heavy atom. The Bertz CT molecular complexity index is 1620. The lowest BCUT2D eigenvalue weighted by Gasteiger charge is -2.33. The number of benzene rings is 2. The van der Waals surface area contributed by atoms with E-state index in [9.17, 15) is 43.8 Å². The van der Waals surface area contributed by atoms with Gasteiger partial charge in [0.2, 0.25) is 35.4 Å². The molecule has 0 aliphatic carbocycles. The summed E-state index contributed by atoms with van der Waals surface area (Å²) in [5.74, 6) is -4.96. The number of carboxylic acids is 1. The number of carbonyl (C=O) groups is 7. The molecular weight excluding hydrogens is 686 g/mol. The maximum Gasteiger partial charge on any atom is 0.326 e. The first-order valence-corrected chi connectivity index (χ1v) is 17.8. The van der Waals surface area contributed by atoms with Crippen molar-refractivity contribution in [3.05, 3.63) is 71.8 Å². The lowest BCUT2D eigenvalue weighted by atomic mass is 10.0. The normalized spacial score (nSPS) is 19.6. The Hall–Kier alpha value is -5.35. The second kappa shape index (κ2) is 18.9. The maximum absolute atomic E-state index is 14.1. The second-order valence-corrected chi connectivity index (χ2v) is 13.5. The van der Waals surface area contributed by atoms with E-state index >= 15 is 0 Å². The van der Waals surface area contributed by atoms with Crippen LogP contribution in [0.15, 0.2) is 60.7 Å². The number of carboxylic acid groups (broad SMARTS) is 1. The van der Waals surface area contributed by atoms with E-state index in [0.717, 1.165) is 5.56 Å². The highest BCUT2D eigenvalue weighted by Gasteiger charge is 2.44. The van der Waals surface area contributed by atoms with E-state index in [1.165, 1.54) is 23.6 Å². The fourth-order valence-corrected chi connectivity index (χ4v) is 6.52. The molecule has 8 N–H and O–H groups in total. The summed E-state index contributed by atoms with van der Waals surface area (Å²) in [5.41, 5.74) is 7.03. The van der Waals surface area contributed by atoms with E-state index in [0.29, 0.717) is 31.2 Å². The zero-order valence-electron chi connectivity index (χ0n) is 29.9. The van der Waals surface area contributed by atoms with E-state index in [4.69, 9.17) is 5.73 Å². The molecule has 286 valence electrons. The van der Waals surface area contributed by atoms with Crippen molar-refractivity contribution >= 4 is 41.4 Å². The number of likely N-dealkylation sites (tertiary alicyclic amines) is 2. The molecule has 2 heterocycles. The number of hydrogen-bond acceptors (Lipinski definition) is 9. The summed E-state index contributed by atoms with van der Waals surface area (Å²) in [5, 5.41) is 29.6. The Labute approximate surface area is 307 Å². The van der Waals surface area contributed by atoms with Gasteiger partial charge in [-0.15, -0.1) is 0 Å². The molecule has 2 aliphatic heterocycles. The molecule has 2 fully saturated rings. The van der Waals surface area contributed by atoms with E-state index in [2.05, 4.69) is 21.3 Å². The van der Waals surface area contributed by atoms with E-state index in [1.807, 2.05) is 0 Å². The Morgan fingerprint density at radius 2 is 1.21 bits per heavy atom. The van der Waals surface area contributed by atoms with Gasteiger partial charge in [0.05, 0.1) is 12.6 Å². The molecule has 0 radical (unpaired) electrons. The lowest BCUT2D eigenvalue weighted by molar-refractivity contribution is -0.148. The van der Waals surface area contributed by atoms with Gasteiger partial charge in [0.15, 0.2) is 0 Å². The van der Waals surface area contributed by atoms with Gasteiger partial charge in [-0.25, -0.2) is 4.79 Å². The predicted molar refractivity (Wildman–Crippen MR) is 192 cm³/mol. The molecule has 6 amide bonds. The summed E-state index contributed by atoms with van der Waals surface area (Å²) in [6.07, 6.45) is 1.75. The van der Waals surface area contributed by atoms with Crippen molar-refractivity contribution in [2.75, 3.05) is 19.7 Å². The number of aliphatic carboxylic acids is 1. The number of nitrogens with zero attached hydrogens (tertiary/aromatic N) is 2. The quantitative estimate of drug-likeness (QED) is 0.109. The van der Waals surface area contributed by atoms with Crippen molar-refractivity contribution in [1.82, 2.24) is 31.1 Å². The fraction of sp³-hybridized carbons (Fsp3) is 0.486. The summed E-state index contributed by atoms with van der Waals surface area (Å²) in [7, 11) is 0. The van der Waals surface area contributed by atoms with Gasteiger partial charge in [0, 0.05) is 25.9 Å². The number of hydrogen-bond donors (Lipinski definition) is 7. The average molecular weight is 736 g/mol. The molecule has 16 heteroatoms. The summed E-state index contributed by atoms with van der Waals surface area (Å²) in [6.45, 7) is 2.57. The molecule has 0 bridgehead atoms. The fourth-order valence-electron chi connectivity index (χ4n) is 6.52. The number of nitrogens with two attached hydrogens (primary N) is 1. The molecular formula is C37H49N7O9. The van der Waals surface area contributed by atoms with Crippen LogP contribution in [0.2, 0.25) is 0 Å². The van der Waals surface area contributed by atoms with Gasteiger partial charge in [0.25, 0.3) is 0 Å². The van der Waals surface area contributed by atoms with E-state index in [1.54, 1.807) is 60.7 Å². The van der Waals surface area contributed by atoms with Gasteiger partial charge in [-0.05, 0) is 50.7 Å². The maximum atomic E-state index is 14.1. The SMILES string of the molecule is C[C@H](N)C(=O)N[C@@H](CO)C(=O)N[C@@H](Cc1ccccc1)C(=O)N1CCC[C@H]1C(=O)N1CCC[C@H]1C(=O)N[C@@H](C)C(=O)N[C@@H](Cc1ccccc1)C(=O)O. The van der Waals surface area contributed by atoms with Crippen LogP contribution >= 0.6 is 0 Å². The van der Waals surface area contributed by atoms with Crippen LogP contribution in [-0.2, 0) is 46.4 Å². The van der Waals surface area contributed by atoms with Gasteiger partial charge >= 0.3 is 5.97 Å². The standard InChI is InChI=1S/C37H49N7O9/c1-22(38)31(46)42-28(21-45)33(48)40-26(19-24-11-5-3-6-12-24)35(50)44-18-10-16-30(44)36(51)43-17-9-15-29(43)34(49)39-23(2)32(47)41-27(37(52)53)20-25-13-7-4-8-14-25/h3-8,11-14,22-23,26-30,45H,9-10,15-21,38H2,1-2H3,(H,39,49)(H,40,48)(H,41,47)(H,42,46)(H,52,53)/t22-,23-,26-,27-,28-,29-,30-/m0/s1. The van der Waals surface area contributed by atoms with Crippen LogP contribution in [0.25, 0.3) is 0 Å². The summed E-state index contributed by atoms with van der Waals surface area (Å²) < 4.78 is 0. The van der Waals surface area contributed by atoms with Crippen LogP contribution in [0, 0.1) is 0 Å². The van der Waals surface area contributed by atoms with Crippen molar-refractivity contribution in [3.63, 3.8) is 0 Å². The number of nitrogens with one attached hydrogen (secondary N) is 4. The number of aliphatic hydroxyl groups is 1. The van der Waals surface area contributed by atoms with Crippen molar-refractivity contribution < 1.29 is 43.8 Å². The highest BCUT2D eigenvalue weighted by Crippen LogP contribution is 2.26. The monoisotopic (exact) mass is 735 g/mol. The first kappa shape index (κ1) is 40.4. The molecule has 7 atom stereocenters. The zero-order valence-corrected chi connectivity index (χ0v) is 29.9. The molecule has 0 spiro atoms. The average Bonchev–Trinajstić information content (AvgIpc) is 3.84. The van der Waals surface area contributed by atoms with Crippen LogP contribution in [0.3, 0.4) is 0 Å². The van der Waals surface area contributed by atoms with Crippen molar-refractivity contribution in [2.45, 2.75) is 94.7 Å². The summed E-state index contributed by atoms with van der Waals surface area (Å²) >= 11 is 0. The third kappa shape index (κ3) is 10.8. The van der Waals surface area contributed by atoms with Gasteiger partial charge in [0.1, 0.15) is 36.3 Å². The topological polar surface area (TPSA) is 241 Å². The Balaban J connectivity index is 1.43. The van der Waals surface area contributed by atoms with Crippen LogP contribution in [-0.4, -0.2) is 123 Å². The van der Waals surface area contributed by atoms with Gasteiger partial charge in [-0.1, -0.05) is 60.7 Å². The lowest BCUT2D eigenvalue weighted by Crippen LogP contribution is -2.60. The van der Waals surface area contributed by atoms with E-state index in [-0.39, 0.29) is 25.9 Å². The molecule has 16 nitrogen and oxygen atoms in total. The van der Waals surface area contributed by atoms with E-state index < -0.39 is 90.3 Å². The number of carbonyl (C=O) groups excluding carboxylic acids is 6. The molecule has 4 rings (SSSR count). The summed E-state index contributed by atoms with van der Waals surface area (Å²) in [6, 6.07) is 10.1. The molecule has 0 aromatic heterocycles. The smallest absolute Gasteiger partial charge is 0.326 e. The Morgan fingerprint density at radius 1 is 0.698 bits per heavy atom. The minimum Gasteiger partial charge on any atom is -0.480 e. The third-order valence-electron chi connectivity index (χ3n) is 9.44. The zero-order chi connectivity index (χ0) is 38.7. The predicted octanol–water partition coefficient (Wildman–Crippen LogP) is -1.16. The molecule has 2 aromatic rings. The number of rotatable bonds is 16. The van der Waals surface area contributed by atoms with Crippen LogP contribution < -0.4 is 27.0 Å². The van der Waals surface area contributed by atoms with Crippen molar-refractivity contribution in [3.8, 4) is 0 Å². The van der Waals surface area contributed by atoms with Gasteiger partial charge in [-0.2, -0.15) is 0 Å². The Kier molecular flexibility index (Phi) is 14.4. The highest BCUT2D eigenvalue weighted by molar-refractivity contribution is 5.97. The first-order chi connectivity index (χ1) is 25.3. The molecule has 2 aromatic carbocycles. The van der Waals surface area contributed by atoms with Gasteiger partial charge in [-0.3, -0.25) is 28.8 Å². The molecule has 53 heavy (non-hydrogen) atoms. The molecule has 0 saturated carbocycles. The number of amides is 6. The minimum absolute atomic E-state index is 0.0477.